The van der Waals surface area contributed by atoms with E-state index in [0.29, 0.717) is 16.7 Å². The van der Waals surface area contributed by atoms with E-state index in [2.05, 4.69) is 39.5 Å². The van der Waals surface area contributed by atoms with Gasteiger partial charge in [-0.25, -0.2) is 0 Å². The van der Waals surface area contributed by atoms with Crippen molar-refractivity contribution in [3.05, 3.63) is 35.5 Å². The van der Waals surface area contributed by atoms with Gasteiger partial charge in [-0.15, -0.1) is 0 Å². The summed E-state index contributed by atoms with van der Waals surface area (Å²) in [7, 11) is 0. The van der Waals surface area contributed by atoms with E-state index in [0.717, 1.165) is 43.6 Å². The molecule has 3 fully saturated rings. The summed E-state index contributed by atoms with van der Waals surface area (Å²) in [5, 5.41) is 20.4. The topological polar surface area (TPSA) is 40.5 Å². The Balaban J connectivity index is 1.77. The summed E-state index contributed by atoms with van der Waals surface area (Å²) in [6.45, 7) is 15.5. The molecule has 0 amide bonds. The highest BCUT2D eigenvalue weighted by atomic mass is 16.3. The first-order chi connectivity index (χ1) is 14.5. The van der Waals surface area contributed by atoms with E-state index < -0.39 is 5.60 Å². The van der Waals surface area contributed by atoms with Gasteiger partial charge in [-0.3, -0.25) is 0 Å². The monoisotopic (exact) mass is 428 g/mol. The van der Waals surface area contributed by atoms with Gasteiger partial charge in [0.05, 0.1) is 11.7 Å². The van der Waals surface area contributed by atoms with Gasteiger partial charge in [0, 0.05) is 0 Å². The molecule has 0 saturated heterocycles. The minimum Gasteiger partial charge on any atom is -0.390 e. The fraction of sp³-hybridized carbons (Fsp3) is 0.793. The molecule has 4 unspecified atom stereocenters. The van der Waals surface area contributed by atoms with Gasteiger partial charge in [0.15, 0.2) is 0 Å². The third kappa shape index (κ3) is 5.38. The Hall–Kier alpha value is -0.860. The van der Waals surface area contributed by atoms with Crippen LogP contribution in [0.5, 0.6) is 0 Å². The fourth-order valence-corrected chi connectivity index (χ4v) is 7.34. The Labute approximate surface area is 191 Å². The summed E-state index contributed by atoms with van der Waals surface area (Å²) in [5.74, 6) is 1.46. The summed E-state index contributed by atoms with van der Waals surface area (Å²) in [5.41, 5.74) is 4.05. The molecule has 0 spiro atoms. The lowest BCUT2D eigenvalue weighted by Gasteiger charge is -2.49. The van der Waals surface area contributed by atoms with E-state index in [1.165, 1.54) is 50.5 Å². The fourth-order valence-electron chi connectivity index (χ4n) is 7.34. The molecule has 5 atom stereocenters. The highest BCUT2D eigenvalue weighted by Gasteiger charge is 2.54. The molecule has 3 saturated carbocycles. The molecule has 2 nitrogen and oxygen atoms in total. The standard InChI is InChI=1S/C29H48O2/c1-7-28(5,19-10-18-27(3,4)31)26-17-16-24-23(12-9-20-29(24,26)6)15-14-22-11-8-13-25(30)21(22)2/h14-15,24-26,30-31H,2,7-13,16-20H2,1,3-6H3/b22-14-,23-15+/t24-,25?,26?,28?,29?/m0/s1. The zero-order valence-corrected chi connectivity index (χ0v) is 21.0. The smallest absolute Gasteiger partial charge is 0.0787 e. The van der Waals surface area contributed by atoms with Crippen LogP contribution in [0.1, 0.15) is 112 Å². The number of fused-ring (bicyclic) bond motifs is 1. The average Bonchev–Trinajstić information content (AvgIpc) is 3.06. The van der Waals surface area contributed by atoms with Gasteiger partial charge in [0.1, 0.15) is 0 Å². The molecule has 2 heteroatoms. The number of hydrogen-bond donors (Lipinski definition) is 2. The predicted octanol–water partition coefficient (Wildman–Crippen LogP) is 7.51. The van der Waals surface area contributed by atoms with Crippen molar-refractivity contribution in [1.82, 2.24) is 0 Å². The number of hydrogen-bond acceptors (Lipinski definition) is 2. The van der Waals surface area contributed by atoms with Crippen molar-refractivity contribution in [3.8, 4) is 0 Å². The van der Waals surface area contributed by atoms with Crippen molar-refractivity contribution in [3.63, 3.8) is 0 Å². The second-order valence-electron chi connectivity index (χ2n) is 12.1. The van der Waals surface area contributed by atoms with Crippen LogP contribution in [0.25, 0.3) is 0 Å². The van der Waals surface area contributed by atoms with Gasteiger partial charge in [-0.2, -0.15) is 0 Å². The lowest BCUT2D eigenvalue weighted by molar-refractivity contribution is 0.0157. The van der Waals surface area contributed by atoms with Crippen LogP contribution in [0.2, 0.25) is 0 Å². The van der Waals surface area contributed by atoms with Crippen LogP contribution in [-0.4, -0.2) is 21.9 Å². The third-order valence-corrected chi connectivity index (χ3v) is 9.39. The maximum absolute atomic E-state index is 10.2. The van der Waals surface area contributed by atoms with E-state index in [1.54, 1.807) is 5.57 Å². The normalized spacial score (nSPS) is 36.6. The van der Waals surface area contributed by atoms with E-state index in [9.17, 15) is 10.2 Å². The van der Waals surface area contributed by atoms with Crippen LogP contribution in [0.15, 0.2) is 35.5 Å². The molecule has 0 aliphatic heterocycles. The lowest BCUT2D eigenvalue weighted by Crippen LogP contribution is -2.41. The van der Waals surface area contributed by atoms with Crippen LogP contribution in [0, 0.1) is 22.7 Å². The molecule has 0 heterocycles. The van der Waals surface area contributed by atoms with E-state index in [-0.39, 0.29) is 6.10 Å². The van der Waals surface area contributed by atoms with Crippen molar-refractivity contribution in [2.75, 3.05) is 0 Å². The maximum Gasteiger partial charge on any atom is 0.0787 e. The SMILES string of the molecule is C=C1/C(=C\C=C2/CCCC3(C)C(C(C)(CC)CCCC(C)(C)O)CC[C@@H]23)CCCC1O. The first kappa shape index (κ1) is 24.8. The molecular weight excluding hydrogens is 380 g/mol. The number of aliphatic hydroxyl groups is 2. The predicted molar refractivity (Wildman–Crippen MR) is 132 cm³/mol. The zero-order chi connectivity index (χ0) is 22.9. The van der Waals surface area contributed by atoms with Crippen molar-refractivity contribution in [1.29, 1.82) is 0 Å². The highest BCUT2D eigenvalue weighted by molar-refractivity contribution is 5.37. The number of allylic oxidation sites excluding steroid dienone is 3. The van der Waals surface area contributed by atoms with Gasteiger partial charge in [-0.05, 0) is 112 Å². The van der Waals surface area contributed by atoms with E-state index >= 15 is 0 Å². The second kappa shape index (κ2) is 9.56. The molecule has 3 rings (SSSR count). The maximum atomic E-state index is 10.2. The molecule has 176 valence electrons. The van der Waals surface area contributed by atoms with Crippen LogP contribution >= 0.6 is 0 Å². The Morgan fingerprint density at radius 2 is 1.81 bits per heavy atom. The van der Waals surface area contributed by atoms with Gasteiger partial charge in [-0.1, -0.05) is 57.9 Å². The minimum atomic E-state index is -0.554. The molecule has 0 aromatic heterocycles. The molecule has 3 aliphatic rings. The van der Waals surface area contributed by atoms with Gasteiger partial charge in [0.25, 0.3) is 0 Å². The molecule has 0 aromatic carbocycles. The highest BCUT2D eigenvalue weighted by Crippen LogP contribution is 2.63. The Morgan fingerprint density at radius 3 is 2.48 bits per heavy atom. The molecular formula is C29H48O2. The Morgan fingerprint density at radius 1 is 1.06 bits per heavy atom. The summed E-state index contributed by atoms with van der Waals surface area (Å²) < 4.78 is 0. The Kier molecular flexibility index (Phi) is 7.64. The minimum absolute atomic E-state index is 0.347. The van der Waals surface area contributed by atoms with Gasteiger partial charge in [0.2, 0.25) is 0 Å². The van der Waals surface area contributed by atoms with Crippen LogP contribution in [-0.2, 0) is 0 Å². The first-order valence-corrected chi connectivity index (χ1v) is 13.0. The second-order valence-corrected chi connectivity index (χ2v) is 12.1. The van der Waals surface area contributed by atoms with Crippen LogP contribution in [0.4, 0.5) is 0 Å². The van der Waals surface area contributed by atoms with E-state index in [4.69, 9.17) is 0 Å². The third-order valence-electron chi connectivity index (χ3n) is 9.39. The molecule has 0 aromatic rings. The van der Waals surface area contributed by atoms with Crippen molar-refractivity contribution in [2.24, 2.45) is 22.7 Å². The summed E-state index contributed by atoms with van der Waals surface area (Å²) in [6, 6.07) is 0. The number of aliphatic hydroxyl groups excluding tert-OH is 1. The number of rotatable bonds is 7. The van der Waals surface area contributed by atoms with Crippen LogP contribution < -0.4 is 0 Å². The van der Waals surface area contributed by atoms with Crippen molar-refractivity contribution >= 4 is 0 Å². The summed E-state index contributed by atoms with van der Waals surface area (Å²) in [4.78, 5) is 0. The molecule has 0 radical (unpaired) electrons. The quantitative estimate of drug-likeness (QED) is 0.440. The molecule has 31 heavy (non-hydrogen) atoms. The first-order valence-electron chi connectivity index (χ1n) is 13.0. The average molecular weight is 429 g/mol. The Bertz CT molecular complexity index is 709. The van der Waals surface area contributed by atoms with E-state index in [1.807, 2.05) is 13.8 Å². The van der Waals surface area contributed by atoms with Crippen molar-refractivity contribution < 1.29 is 10.2 Å². The summed E-state index contributed by atoms with van der Waals surface area (Å²) in [6.07, 6.45) is 18.3. The largest absolute Gasteiger partial charge is 0.390 e. The van der Waals surface area contributed by atoms with Gasteiger partial charge >= 0.3 is 0 Å². The van der Waals surface area contributed by atoms with Crippen LogP contribution in [0.3, 0.4) is 0 Å². The summed E-state index contributed by atoms with van der Waals surface area (Å²) >= 11 is 0. The molecule has 0 bridgehead atoms. The lowest BCUT2D eigenvalue weighted by atomic mass is 9.55. The molecule has 2 N–H and O–H groups in total. The molecule has 3 aliphatic carbocycles. The van der Waals surface area contributed by atoms with Crippen molar-refractivity contribution in [2.45, 2.75) is 123 Å². The van der Waals surface area contributed by atoms with Gasteiger partial charge < -0.3 is 10.2 Å². The zero-order valence-electron chi connectivity index (χ0n) is 21.0.